The molecule has 3 atom stereocenters. The van der Waals surface area contributed by atoms with Gasteiger partial charge in [0.2, 0.25) is 5.75 Å². The Morgan fingerprint density at radius 3 is 2.32 bits per heavy atom. The van der Waals surface area contributed by atoms with E-state index in [1.807, 2.05) is 30.3 Å². The summed E-state index contributed by atoms with van der Waals surface area (Å²) in [6.07, 6.45) is -4.83. The molecule has 0 spiro atoms. The molecular weight excluding hydrogens is 503 g/mol. The molecular formula is C27H28F3N3O5. The van der Waals surface area contributed by atoms with Crippen LogP contribution in [0.3, 0.4) is 0 Å². The third-order valence-electron chi connectivity index (χ3n) is 6.90. The highest BCUT2D eigenvalue weighted by molar-refractivity contribution is 5.99. The van der Waals surface area contributed by atoms with Gasteiger partial charge in [-0.1, -0.05) is 30.3 Å². The second-order valence-corrected chi connectivity index (χ2v) is 9.22. The molecule has 2 amide bonds. The van der Waals surface area contributed by atoms with Gasteiger partial charge in [0.05, 0.1) is 20.1 Å². The molecule has 2 aromatic rings. The largest absolute Gasteiger partial charge is 0.493 e. The molecule has 0 radical (unpaired) electrons. The predicted octanol–water partition coefficient (Wildman–Crippen LogP) is 4.54. The van der Waals surface area contributed by atoms with E-state index in [1.165, 1.54) is 31.3 Å². The zero-order valence-corrected chi connectivity index (χ0v) is 21.0. The van der Waals surface area contributed by atoms with Gasteiger partial charge in [0, 0.05) is 25.1 Å². The lowest BCUT2D eigenvalue weighted by Crippen LogP contribution is -2.48. The van der Waals surface area contributed by atoms with Crippen LogP contribution in [0.4, 0.5) is 13.2 Å². The van der Waals surface area contributed by atoms with Crippen molar-refractivity contribution < 1.29 is 37.0 Å². The molecule has 0 bridgehead atoms. The van der Waals surface area contributed by atoms with Crippen LogP contribution in [0, 0.1) is 12.5 Å². The van der Waals surface area contributed by atoms with Gasteiger partial charge in [0.15, 0.2) is 11.5 Å². The second-order valence-electron chi connectivity index (χ2n) is 9.22. The maximum atomic E-state index is 13.7. The van der Waals surface area contributed by atoms with Gasteiger partial charge in [0.1, 0.15) is 12.6 Å². The highest BCUT2D eigenvalue weighted by Gasteiger charge is 2.53. The van der Waals surface area contributed by atoms with Crippen LogP contribution in [0.1, 0.15) is 35.2 Å². The zero-order chi connectivity index (χ0) is 27.4. The predicted molar refractivity (Wildman–Crippen MR) is 131 cm³/mol. The molecule has 0 aromatic heterocycles. The lowest BCUT2D eigenvalue weighted by atomic mass is 10.0. The third kappa shape index (κ3) is 5.49. The Hall–Kier alpha value is -3.94. The first-order valence-electron chi connectivity index (χ1n) is 12.1. The van der Waals surface area contributed by atoms with Gasteiger partial charge < -0.3 is 19.1 Å². The van der Waals surface area contributed by atoms with E-state index in [9.17, 15) is 22.8 Å². The van der Waals surface area contributed by atoms with Gasteiger partial charge in [-0.15, -0.1) is 0 Å². The van der Waals surface area contributed by atoms with E-state index < -0.39 is 49.1 Å². The number of likely N-dealkylation sites (tertiary alicyclic amines) is 2. The molecule has 38 heavy (non-hydrogen) atoms. The average molecular weight is 532 g/mol. The van der Waals surface area contributed by atoms with Crippen LogP contribution in [-0.2, 0) is 11.4 Å². The number of amides is 2. The summed E-state index contributed by atoms with van der Waals surface area (Å²) in [7, 11) is 2.75. The first-order chi connectivity index (χ1) is 18.2. The number of carbonyl (C=O) groups is 2. The van der Waals surface area contributed by atoms with Crippen LogP contribution in [0.2, 0.25) is 0 Å². The molecule has 2 heterocycles. The van der Waals surface area contributed by atoms with Gasteiger partial charge in [-0.25, -0.2) is 6.57 Å². The fourth-order valence-corrected chi connectivity index (χ4v) is 4.90. The molecule has 2 aliphatic heterocycles. The molecule has 2 aliphatic rings. The Balaban J connectivity index is 1.64. The fraction of sp³-hybridized carbons (Fsp3) is 0.444. The van der Waals surface area contributed by atoms with Crippen molar-refractivity contribution in [3.8, 4) is 17.2 Å². The van der Waals surface area contributed by atoms with Gasteiger partial charge in [-0.3, -0.25) is 19.3 Å². The molecule has 2 saturated heterocycles. The van der Waals surface area contributed by atoms with E-state index in [1.54, 1.807) is 0 Å². The molecule has 0 saturated carbocycles. The first kappa shape index (κ1) is 27.1. The van der Waals surface area contributed by atoms with Crippen LogP contribution in [-0.4, -0.2) is 67.3 Å². The zero-order valence-electron chi connectivity index (χ0n) is 21.0. The number of ether oxygens (including phenoxy) is 3. The Morgan fingerprint density at radius 2 is 1.74 bits per heavy atom. The van der Waals surface area contributed by atoms with Crippen LogP contribution in [0.25, 0.3) is 4.85 Å². The number of alkyl halides is 3. The van der Waals surface area contributed by atoms with E-state index >= 15 is 0 Å². The number of rotatable bonds is 7. The quantitative estimate of drug-likeness (QED) is 0.491. The van der Waals surface area contributed by atoms with E-state index in [-0.39, 0.29) is 36.0 Å². The number of halogens is 3. The monoisotopic (exact) mass is 531 g/mol. The normalized spacial score (nSPS) is 21.2. The summed E-state index contributed by atoms with van der Waals surface area (Å²) >= 11 is 0. The van der Waals surface area contributed by atoms with Crippen molar-refractivity contribution in [1.82, 2.24) is 9.80 Å². The van der Waals surface area contributed by atoms with Crippen LogP contribution in [0.15, 0.2) is 42.5 Å². The van der Waals surface area contributed by atoms with Crippen LogP contribution >= 0.6 is 0 Å². The van der Waals surface area contributed by atoms with Gasteiger partial charge in [-0.2, -0.15) is 13.2 Å². The molecule has 4 rings (SSSR count). The molecule has 0 aliphatic carbocycles. The van der Waals surface area contributed by atoms with Crippen molar-refractivity contribution in [2.75, 3.05) is 27.3 Å². The molecule has 2 aromatic carbocycles. The van der Waals surface area contributed by atoms with E-state index in [4.69, 9.17) is 20.8 Å². The maximum Gasteiger partial charge on any atom is 0.393 e. The highest BCUT2D eigenvalue weighted by Crippen LogP contribution is 2.42. The number of hydrogen-bond donors (Lipinski definition) is 0. The van der Waals surface area contributed by atoms with Crippen molar-refractivity contribution in [3.63, 3.8) is 0 Å². The minimum atomic E-state index is -4.58. The Kier molecular flexibility index (Phi) is 7.99. The molecule has 8 nitrogen and oxygen atoms in total. The summed E-state index contributed by atoms with van der Waals surface area (Å²) in [4.78, 5) is 32.6. The summed E-state index contributed by atoms with van der Waals surface area (Å²) < 4.78 is 57.9. The first-order valence-corrected chi connectivity index (χ1v) is 12.1. The smallest absolute Gasteiger partial charge is 0.393 e. The number of nitrogens with zero attached hydrogens (tertiary/aromatic N) is 3. The number of hydrogen-bond acceptors (Lipinski definition) is 5. The number of benzene rings is 2. The van der Waals surface area contributed by atoms with Gasteiger partial charge >= 0.3 is 12.3 Å². The summed E-state index contributed by atoms with van der Waals surface area (Å²) in [6.45, 7) is 7.14. The lowest BCUT2D eigenvalue weighted by molar-refractivity contribution is -0.170. The SMILES string of the molecule is [C-]#[N+][C@@H]1CCCN1C(=O)[C@@H]1C[C@H](C(F)(F)F)CN1C(=O)c1cc(OC)c(OCc2ccccc2)c(OC)c1. The molecule has 202 valence electrons. The second kappa shape index (κ2) is 11.2. The van der Waals surface area contributed by atoms with Crippen molar-refractivity contribution in [2.24, 2.45) is 5.92 Å². The summed E-state index contributed by atoms with van der Waals surface area (Å²) in [5.41, 5.74) is 0.877. The number of methoxy groups -OCH3 is 2. The lowest BCUT2D eigenvalue weighted by Gasteiger charge is -2.28. The fourth-order valence-electron chi connectivity index (χ4n) is 4.90. The summed E-state index contributed by atoms with van der Waals surface area (Å²) in [5.74, 6) is -2.71. The Labute approximate surface area is 218 Å². The van der Waals surface area contributed by atoms with Gasteiger partial charge in [0.25, 0.3) is 11.8 Å². The van der Waals surface area contributed by atoms with E-state index in [0.717, 1.165) is 10.5 Å². The van der Waals surface area contributed by atoms with Crippen molar-refractivity contribution in [2.45, 2.75) is 44.3 Å². The third-order valence-corrected chi connectivity index (χ3v) is 6.90. The average Bonchev–Trinajstić information content (AvgIpc) is 3.59. The molecule has 11 heteroatoms. The Morgan fingerprint density at radius 1 is 1.08 bits per heavy atom. The molecule has 0 unspecified atom stereocenters. The molecule has 0 N–H and O–H groups in total. The standard InChI is InChI=1S/C27H28F3N3O5/c1-31-23-10-7-11-32(23)26(35)20-14-19(27(28,29)30)15-33(20)25(34)18-12-21(36-2)24(22(13-18)37-3)38-16-17-8-5-4-6-9-17/h4-6,8-9,12-13,19-20,23H,7,10-11,14-16H2,2-3H3/t19-,20-,23-/m0/s1. The minimum absolute atomic E-state index is 0.00506. The maximum absolute atomic E-state index is 13.7. The summed E-state index contributed by atoms with van der Waals surface area (Å²) in [5, 5.41) is 0. The van der Waals surface area contributed by atoms with E-state index in [0.29, 0.717) is 12.8 Å². The van der Waals surface area contributed by atoms with Crippen LogP contribution in [0.5, 0.6) is 17.2 Å². The topological polar surface area (TPSA) is 72.7 Å². The highest BCUT2D eigenvalue weighted by atomic mass is 19.4. The van der Waals surface area contributed by atoms with Crippen molar-refractivity contribution in [3.05, 3.63) is 65.0 Å². The summed E-state index contributed by atoms with van der Waals surface area (Å²) in [6, 6.07) is 10.7. The van der Waals surface area contributed by atoms with Crippen LogP contribution < -0.4 is 14.2 Å². The van der Waals surface area contributed by atoms with Crippen molar-refractivity contribution >= 4 is 11.8 Å². The van der Waals surface area contributed by atoms with Gasteiger partial charge in [-0.05, 0) is 30.5 Å². The van der Waals surface area contributed by atoms with Crippen molar-refractivity contribution in [1.29, 1.82) is 0 Å². The van der Waals surface area contributed by atoms with E-state index in [2.05, 4.69) is 4.85 Å². The molecule has 2 fully saturated rings. The minimum Gasteiger partial charge on any atom is -0.493 e. The number of carbonyl (C=O) groups excluding carboxylic acids is 2. The Bertz CT molecular complexity index is 1190.